The Hall–Kier alpha value is -1.65. The molecule has 0 aliphatic heterocycles. The van der Waals surface area contributed by atoms with Gasteiger partial charge in [0.15, 0.2) is 0 Å². The van der Waals surface area contributed by atoms with E-state index < -0.39 is 0 Å². The summed E-state index contributed by atoms with van der Waals surface area (Å²) in [6.07, 6.45) is 3.51. The van der Waals surface area contributed by atoms with E-state index in [0.717, 1.165) is 10.6 Å². The van der Waals surface area contributed by atoms with Crippen molar-refractivity contribution in [3.05, 3.63) is 52.8 Å². The Kier molecular flexibility index (Phi) is 4.35. The highest BCUT2D eigenvalue weighted by atomic mass is 35.5. The van der Waals surface area contributed by atoms with Crippen molar-refractivity contribution in [2.75, 3.05) is 11.9 Å². The van der Waals surface area contributed by atoms with E-state index in [1.54, 1.807) is 12.4 Å². The molecule has 0 amide bonds. The topological polar surface area (TPSA) is 55.0 Å². The van der Waals surface area contributed by atoms with E-state index in [2.05, 4.69) is 16.9 Å². The smallest absolute Gasteiger partial charge is 0.225 e. The maximum Gasteiger partial charge on any atom is 0.225 e. The van der Waals surface area contributed by atoms with E-state index in [1.807, 2.05) is 36.2 Å². The van der Waals surface area contributed by atoms with Crippen molar-refractivity contribution in [2.24, 2.45) is 5.73 Å². The molecule has 0 aliphatic rings. The lowest BCUT2D eigenvalue weighted by Crippen LogP contribution is -2.23. The van der Waals surface area contributed by atoms with Gasteiger partial charge in [-0.3, -0.25) is 0 Å². The molecule has 1 heterocycles. The third kappa shape index (κ3) is 3.22. The van der Waals surface area contributed by atoms with Crippen LogP contribution >= 0.6 is 11.6 Å². The highest BCUT2D eigenvalue weighted by Crippen LogP contribution is 2.23. The van der Waals surface area contributed by atoms with Crippen molar-refractivity contribution < 1.29 is 0 Å². The van der Waals surface area contributed by atoms with Gasteiger partial charge in [0.2, 0.25) is 5.95 Å². The van der Waals surface area contributed by atoms with Crippen LogP contribution in [0.4, 0.5) is 5.95 Å². The van der Waals surface area contributed by atoms with Gasteiger partial charge in [-0.05, 0) is 24.6 Å². The van der Waals surface area contributed by atoms with Crippen molar-refractivity contribution in [2.45, 2.75) is 19.5 Å². The van der Waals surface area contributed by atoms with Crippen LogP contribution in [-0.2, 0) is 6.54 Å². The predicted octanol–water partition coefficient (Wildman–Crippen LogP) is 2.79. The molecule has 0 bridgehead atoms. The maximum absolute atomic E-state index is 5.90. The fraction of sp³-hybridized carbons (Fsp3) is 0.286. The Morgan fingerprint density at radius 3 is 2.32 bits per heavy atom. The number of aromatic nitrogens is 2. The summed E-state index contributed by atoms with van der Waals surface area (Å²) in [6.45, 7) is 2.56. The Bertz CT molecular complexity index is 524. The number of hydrogen-bond donors (Lipinski definition) is 1. The third-order valence-corrected chi connectivity index (χ3v) is 3.43. The van der Waals surface area contributed by atoms with E-state index >= 15 is 0 Å². The molecule has 2 N–H and O–H groups in total. The predicted molar refractivity (Wildman–Crippen MR) is 78.2 cm³/mol. The van der Waals surface area contributed by atoms with Crippen molar-refractivity contribution in [1.29, 1.82) is 0 Å². The van der Waals surface area contributed by atoms with Crippen molar-refractivity contribution in [3.8, 4) is 0 Å². The van der Waals surface area contributed by atoms with Gasteiger partial charge in [0.1, 0.15) is 0 Å². The molecule has 0 spiro atoms. The summed E-state index contributed by atoms with van der Waals surface area (Å²) in [5.74, 6) is 0.680. The lowest BCUT2D eigenvalue weighted by atomic mass is 10.1. The average molecular weight is 277 g/mol. The SMILES string of the molecule is CC(c1ccc(Cl)cc1)N(C)c1ncc(CN)cn1. The minimum atomic E-state index is 0.168. The van der Waals surface area contributed by atoms with Crippen molar-refractivity contribution in [1.82, 2.24) is 9.97 Å². The lowest BCUT2D eigenvalue weighted by molar-refractivity contribution is 0.713. The molecule has 0 aliphatic carbocycles. The second-order valence-electron chi connectivity index (χ2n) is 4.43. The van der Waals surface area contributed by atoms with Gasteiger partial charge in [0, 0.05) is 36.6 Å². The number of hydrogen-bond acceptors (Lipinski definition) is 4. The second-order valence-corrected chi connectivity index (χ2v) is 4.87. The summed E-state index contributed by atoms with van der Waals surface area (Å²) in [6, 6.07) is 7.97. The molecule has 0 radical (unpaired) electrons. The zero-order valence-electron chi connectivity index (χ0n) is 11.0. The van der Waals surface area contributed by atoms with Gasteiger partial charge in [-0.15, -0.1) is 0 Å². The maximum atomic E-state index is 5.90. The van der Waals surface area contributed by atoms with Crippen molar-refractivity contribution in [3.63, 3.8) is 0 Å². The van der Waals surface area contributed by atoms with E-state index in [4.69, 9.17) is 17.3 Å². The first kappa shape index (κ1) is 13.8. The first-order valence-electron chi connectivity index (χ1n) is 6.11. The molecule has 4 nitrogen and oxygen atoms in total. The molecule has 19 heavy (non-hydrogen) atoms. The quantitative estimate of drug-likeness (QED) is 0.933. The highest BCUT2D eigenvalue weighted by molar-refractivity contribution is 6.30. The summed E-state index contributed by atoms with van der Waals surface area (Å²) >= 11 is 5.90. The Labute approximate surface area is 118 Å². The molecule has 0 saturated carbocycles. The number of nitrogens with zero attached hydrogens (tertiary/aromatic N) is 3. The third-order valence-electron chi connectivity index (χ3n) is 3.18. The fourth-order valence-electron chi connectivity index (χ4n) is 1.77. The fourth-order valence-corrected chi connectivity index (χ4v) is 1.90. The van der Waals surface area contributed by atoms with Gasteiger partial charge in [0.25, 0.3) is 0 Å². The van der Waals surface area contributed by atoms with Crippen LogP contribution in [0, 0.1) is 0 Å². The van der Waals surface area contributed by atoms with Crippen LogP contribution in [0.2, 0.25) is 5.02 Å². The first-order chi connectivity index (χ1) is 9.11. The summed E-state index contributed by atoms with van der Waals surface area (Å²) in [5, 5.41) is 0.738. The molecule has 0 saturated heterocycles. The number of anilines is 1. The number of benzene rings is 1. The van der Waals surface area contributed by atoms with Gasteiger partial charge in [-0.25, -0.2) is 9.97 Å². The standard InChI is InChI=1S/C14H17ClN4/c1-10(12-3-5-13(15)6-4-12)19(2)14-17-8-11(7-16)9-18-14/h3-6,8-10H,7,16H2,1-2H3. The molecule has 1 unspecified atom stereocenters. The molecular weight excluding hydrogens is 260 g/mol. The van der Waals surface area contributed by atoms with Gasteiger partial charge >= 0.3 is 0 Å². The molecule has 5 heteroatoms. The zero-order chi connectivity index (χ0) is 13.8. The van der Waals surface area contributed by atoms with E-state index in [0.29, 0.717) is 12.5 Å². The monoisotopic (exact) mass is 276 g/mol. The van der Waals surface area contributed by atoms with Crippen LogP contribution in [0.15, 0.2) is 36.7 Å². The van der Waals surface area contributed by atoms with Crippen molar-refractivity contribution >= 4 is 17.5 Å². The van der Waals surface area contributed by atoms with E-state index in [9.17, 15) is 0 Å². The average Bonchev–Trinajstić information content (AvgIpc) is 2.46. The second kappa shape index (κ2) is 5.99. The molecule has 1 atom stereocenters. The van der Waals surface area contributed by atoms with Gasteiger partial charge in [-0.2, -0.15) is 0 Å². The Morgan fingerprint density at radius 2 is 1.79 bits per heavy atom. The summed E-state index contributed by atoms with van der Waals surface area (Å²) < 4.78 is 0. The van der Waals surface area contributed by atoms with E-state index in [-0.39, 0.29) is 6.04 Å². The molecule has 1 aromatic heterocycles. The summed E-state index contributed by atoms with van der Waals surface area (Å²) in [7, 11) is 1.97. The molecule has 2 rings (SSSR count). The lowest BCUT2D eigenvalue weighted by Gasteiger charge is -2.25. The van der Waals surface area contributed by atoms with Crippen LogP contribution in [0.5, 0.6) is 0 Å². The number of nitrogens with two attached hydrogens (primary N) is 1. The minimum Gasteiger partial charge on any atom is -0.337 e. The molecular formula is C14H17ClN4. The van der Waals surface area contributed by atoms with E-state index in [1.165, 1.54) is 5.56 Å². The van der Waals surface area contributed by atoms with Crippen LogP contribution in [0.3, 0.4) is 0 Å². The van der Waals surface area contributed by atoms with Crippen LogP contribution < -0.4 is 10.6 Å². The first-order valence-corrected chi connectivity index (χ1v) is 6.49. The van der Waals surface area contributed by atoms with Crippen LogP contribution in [0.25, 0.3) is 0 Å². The molecule has 0 fully saturated rings. The normalized spacial score (nSPS) is 12.2. The molecule has 100 valence electrons. The summed E-state index contributed by atoms with van der Waals surface area (Å²) in [4.78, 5) is 10.7. The van der Waals surface area contributed by atoms with Gasteiger partial charge in [0.05, 0.1) is 6.04 Å². The Morgan fingerprint density at radius 1 is 1.21 bits per heavy atom. The van der Waals surface area contributed by atoms with Crippen LogP contribution in [-0.4, -0.2) is 17.0 Å². The van der Waals surface area contributed by atoms with Gasteiger partial charge < -0.3 is 10.6 Å². The minimum absolute atomic E-state index is 0.168. The van der Waals surface area contributed by atoms with Crippen LogP contribution in [0.1, 0.15) is 24.1 Å². The molecule has 2 aromatic rings. The highest BCUT2D eigenvalue weighted by Gasteiger charge is 2.14. The zero-order valence-corrected chi connectivity index (χ0v) is 11.8. The van der Waals surface area contributed by atoms with Gasteiger partial charge in [-0.1, -0.05) is 23.7 Å². The Balaban J connectivity index is 2.17. The summed E-state index contributed by atoms with van der Waals surface area (Å²) in [5.41, 5.74) is 7.63. The molecule has 1 aromatic carbocycles. The number of halogens is 1. The largest absolute Gasteiger partial charge is 0.337 e. The number of rotatable bonds is 4.